The standard InChI is InChI=1S/C32H38N4O5S/c1-21-27(32(38)35-15-17-41-18-16-35)19-23-11-7-8-12-25(23)30-29(22-9-5-4-6-10-22)26-14-13-24(20-28(26)36(21)30)31(37)33-42(39,40)34(2)3/h7-8,11-14,20,22H,4-6,9-10,15-19H2,1-3H3,(H,33,37). The summed E-state index contributed by atoms with van der Waals surface area (Å²) in [6, 6.07) is 13.8. The second-order valence-electron chi connectivity index (χ2n) is 11.7. The van der Waals surface area contributed by atoms with Crippen LogP contribution in [0, 0.1) is 0 Å². The molecule has 3 heterocycles. The molecule has 0 atom stereocenters. The van der Waals surface area contributed by atoms with Gasteiger partial charge in [0.1, 0.15) is 0 Å². The number of hydrogen-bond acceptors (Lipinski definition) is 5. The second-order valence-corrected chi connectivity index (χ2v) is 13.6. The van der Waals surface area contributed by atoms with Crippen LogP contribution in [-0.4, -0.2) is 74.4 Å². The molecule has 2 fully saturated rings. The molecule has 0 unspecified atom stereocenters. The third kappa shape index (κ3) is 5.05. The summed E-state index contributed by atoms with van der Waals surface area (Å²) in [5.41, 5.74) is 7.14. The fourth-order valence-electron chi connectivity index (χ4n) is 6.69. The van der Waals surface area contributed by atoms with Crippen LogP contribution >= 0.6 is 0 Å². The maximum atomic E-state index is 14.0. The van der Waals surface area contributed by atoms with Crippen molar-refractivity contribution in [2.24, 2.45) is 0 Å². The van der Waals surface area contributed by atoms with Crippen molar-refractivity contribution in [1.82, 2.24) is 18.5 Å². The molecule has 1 saturated carbocycles. The maximum Gasteiger partial charge on any atom is 0.303 e. The number of hydrogen-bond donors (Lipinski definition) is 1. The van der Waals surface area contributed by atoms with Gasteiger partial charge in [-0.05, 0) is 48.9 Å². The van der Waals surface area contributed by atoms with Gasteiger partial charge in [-0.25, -0.2) is 4.72 Å². The smallest absolute Gasteiger partial charge is 0.303 e. The van der Waals surface area contributed by atoms with E-state index < -0.39 is 16.1 Å². The van der Waals surface area contributed by atoms with E-state index in [-0.39, 0.29) is 11.5 Å². The largest absolute Gasteiger partial charge is 0.378 e. The first-order valence-corrected chi connectivity index (χ1v) is 16.2. The Morgan fingerprint density at radius 3 is 2.43 bits per heavy atom. The second kappa shape index (κ2) is 11.3. The summed E-state index contributed by atoms with van der Waals surface area (Å²) in [4.78, 5) is 29.1. The molecule has 3 aliphatic rings. The highest BCUT2D eigenvalue weighted by Gasteiger charge is 2.33. The van der Waals surface area contributed by atoms with Crippen LogP contribution in [0.2, 0.25) is 0 Å². The highest BCUT2D eigenvalue weighted by Crippen LogP contribution is 2.48. The summed E-state index contributed by atoms with van der Waals surface area (Å²) in [6.07, 6.45) is 6.23. The Kier molecular flexibility index (Phi) is 7.72. The van der Waals surface area contributed by atoms with Gasteiger partial charge in [0.25, 0.3) is 11.8 Å². The lowest BCUT2D eigenvalue weighted by atomic mass is 9.81. The molecule has 6 rings (SSSR count). The van der Waals surface area contributed by atoms with Gasteiger partial charge in [-0.2, -0.15) is 12.7 Å². The summed E-state index contributed by atoms with van der Waals surface area (Å²) < 4.78 is 35.7. The summed E-state index contributed by atoms with van der Waals surface area (Å²) in [5, 5.41) is 1.04. The van der Waals surface area contributed by atoms with Gasteiger partial charge in [0, 0.05) is 61.4 Å². The third-order valence-corrected chi connectivity index (χ3v) is 10.4. The van der Waals surface area contributed by atoms with E-state index in [2.05, 4.69) is 21.4 Å². The molecule has 2 amide bonds. The highest BCUT2D eigenvalue weighted by molar-refractivity contribution is 7.87. The average molecular weight is 591 g/mol. The number of carbonyl (C=O) groups excluding carboxylic acids is 2. The van der Waals surface area contributed by atoms with E-state index in [0.717, 1.165) is 69.0 Å². The molecular weight excluding hydrogens is 552 g/mol. The molecule has 0 radical (unpaired) electrons. The van der Waals surface area contributed by atoms with E-state index in [9.17, 15) is 18.0 Å². The molecule has 1 N–H and O–H groups in total. The van der Waals surface area contributed by atoms with Crippen molar-refractivity contribution in [1.29, 1.82) is 0 Å². The van der Waals surface area contributed by atoms with Gasteiger partial charge in [0.05, 0.1) is 24.4 Å². The Morgan fingerprint density at radius 2 is 1.71 bits per heavy atom. The van der Waals surface area contributed by atoms with Crippen molar-refractivity contribution in [2.75, 3.05) is 40.4 Å². The fourth-order valence-corrected chi connectivity index (χ4v) is 7.22. The van der Waals surface area contributed by atoms with E-state index >= 15 is 0 Å². The minimum absolute atomic E-state index is 0.00509. The number of nitrogens with zero attached hydrogens (tertiary/aromatic N) is 3. The maximum absolute atomic E-state index is 14.0. The SMILES string of the molecule is CC1=C(C(=O)N2CCOCC2)Cc2ccccc2-c2c(C3CCCCC3)c3ccc(C(=O)NS(=O)(=O)N(C)C)cc3n21. The van der Waals surface area contributed by atoms with Gasteiger partial charge < -0.3 is 14.2 Å². The number of fused-ring (bicyclic) bond motifs is 5. The Bertz CT molecular complexity index is 1690. The lowest BCUT2D eigenvalue weighted by Crippen LogP contribution is -2.42. The number of ether oxygens (including phenoxy) is 1. The summed E-state index contributed by atoms with van der Waals surface area (Å²) >= 11 is 0. The van der Waals surface area contributed by atoms with Gasteiger partial charge in [-0.15, -0.1) is 0 Å². The van der Waals surface area contributed by atoms with Crippen LogP contribution in [0.4, 0.5) is 0 Å². The quantitative estimate of drug-likeness (QED) is 0.470. The first-order valence-electron chi connectivity index (χ1n) is 14.8. The van der Waals surface area contributed by atoms with E-state index in [1.807, 2.05) is 30.0 Å². The number of aromatic nitrogens is 1. The topological polar surface area (TPSA) is 101 Å². The number of allylic oxidation sites excluding steroid dienone is 1. The Hall–Kier alpha value is -3.47. The van der Waals surface area contributed by atoms with E-state index in [1.54, 1.807) is 12.1 Å². The fraction of sp³-hybridized carbons (Fsp3) is 0.438. The molecular formula is C32H38N4O5S. The number of morpholine rings is 1. The molecule has 1 aromatic heterocycles. The number of benzene rings is 2. The van der Waals surface area contributed by atoms with Crippen LogP contribution in [0.1, 0.15) is 66.4 Å². The van der Waals surface area contributed by atoms with Gasteiger partial charge >= 0.3 is 10.2 Å². The zero-order valence-electron chi connectivity index (χ0n) is 24.5. The Labute approximate surface area is 247 Å². The van der Waals surface area contributed by atoms with Gasteiger partial charge in [0.15, 0.2) is 0 Å². The van der Waals surface area contributed by atoms with Crippen LogP contribution in [0.15, 0.2) is 48.0 Å². The predicted molar refractivity (Wildman–Crippen MR) is 163 cm³/mol. The Morgan fingerprint density at radius 1 is 1.00 bits per heavy atom. The van der Waals surface area contributed by atoms with E-state index in [4.69, 9.17) is 4.74 Å². The van der Waals surface area contributed by atoms with Crippen molar-refractivity contribution in [3.63, 3.8) is 0 Å². The predicted octanol–water partition coefficient (Wildman–Crippen LogP) is 4.54. The summed E-state index contributed by atoms with van der Waals surface area (Å²) in [7, 11) is -1.21. The van der Waals surface area contributed by atoms with Crippen LogP contribution in [0.25, 0.3) is 27.9 Å². The number of nitrogens with one attached hydrogen (secondary N) is 1. The Balaban J connectivity index is 1.61. The summed E-state index contributed by atoms with van der Waals surface area (Å²) in [5.74, 6) is -0.338. The minimum atomic E-state index is -3.96. The molecule has 0 bridgehead atoms. The van der Waals surface area contributed by atoms with Crippen molar-refractivity contribution in [2.45, 2.75) is 51.4 Å². The van der Waals surface area contributed by atoms with Crippen LogP contribution < -0.4 is 4.72 Å². The molecule has 1 aliphatic carbocycles. The van der Waals surface area contributed by atoms with E-state index in [0.29, 0.717) is 38.6 Å². The number of carbonyl (C=O) groups is 2. The van der Waals surface area contributed by atoms with E-state index in [1.165, 1.54) is 26.1 Å². The lowest BCUT2D eigenvalue weighted by molar-refractivity contribution is -0.131. The molecule has 9 nitrogen and oxygen atoms in total. The van der Waals surface area contributed by atoms with Crippen LogP contribution in [0.5, 0.6) is 0 Å². The molecule has 42 heavy (non-hydrogen) atoms. The average Bonchev–Trinajstić information content (AvgIpc) is 3.27. The zero-order valence-corrected chi connectivity index (χ0v) is 25.3. The van der Waals surface area contributed by atoms with Gasteiger partial charge in [-0.1, -0.05) is 49.6 Å². The highest BCUT2D eigenvalue weighted by atomic mass is 32.2. The molecule has 222 valence electrons. The van der Waals surface area contributed by atoms with Gasteiger partial charge in [0.2, 0.25) is 0 Å². The van der Waals surface area contributed by atoms with Crippen LogP contribution in [0.3, 0.4) is 0 Å². The van der Waals surface area contributed by atoms with Crippen molar-refractivity contribution in [3.05, 3.63) is 64.7 Å². The van der Waals surface area contributed by atoms with Gasteiger partial charge in [-0.3, -0.25) is 9.59 Å². The number of rotatable bonds is 5. The van der Waals surface area contributed by atoms with Crippen molar-refractivity contribution < 1.29 is 22.7 Å². The third-order valence-electron chi connectivity index (χ3n) is 8.95. The molecule has 3 aromatic rings. The molecule has 10 heteroatoms. The first kappa shape index (κ1) is 28.6. The van der Waals surface area contributed by atoms with Crippen molar-refractivity contribution >= 4 is 38.6 Å². The molecule has 0 spiro atoms. The normalized spacial score (nSPS) is 18.1. The zero-order chi connectivity index (χ0) is 29.6. The first-order chi connectivity index (χ1) is 20.2. The molecule has 2 aliphatic heterocycles. The van der Waals surface area contributed by atoms with Crippen molar-refractivity contribution in [3.8, 4) is 11.3 Å². The summed E-state index contributed by atoms with van der Waals surface area (Å²) in [6.45, 7) is 4.14. The lowest BCUT2D eigenvalue weighted by Gasteiger charge is -2.28. The molecule has 2 aromatic carbocycles. The number of amides is 2. The monoisotopic (exact) mass is 590 g/mol. The minimum Gasteiger partial charge on any atom is -0.378 e. The molecule has 1 saturated heterocycles. The van der Waals surface area contributed by atoms with Crippen LogP contribution in [-0.2, 0) is 26.2 Å².